The molecule has 2 fully saturated rings. The van der Waals surface area contributed by atoms with Crippen LogP contribution in [0, 0.1) is 0 Å². The summed E-state index contributed by atoms with van der Waals surface area (Å²) in [6, 6.07) is 18.2. The Hall–Kier alpha value is -5.17. The molecule has 2 aliphatic heterocycles. The van der Waals surface area contributed by atoms with Gasteiger partial charge in [0.25, 0.3) is 0 Å². The number of carbonyl (C=O) groups is 3. The van der Waals surface area contributed by atoms with E-state index in [-0.39, 0.29) is 23.9 Å². The highest BCUT2D eigenvalue weighted by molar-refractivity contribution is 5.86. The molecule has 4 heterocycles. The van der Waals surface area contributed by atoms with Gasteiger partial charge in [-0.25, -0.2) is 24.4 Å². The zero-order valence-electron chi connectivity index (χ0n) is 30.8. The van der Waals surface area contributed by atoms with Crippen LogP contribution in [0.3, 0.4) is 0 Å². The van der Waals surface area contributed by atoms with Crippen LogP contribution in [0.2, 0.25) is 0 Å². The fraction of sp³-hybridized carbons (Fsp3) is 0.462. The number of carbonyl (C=O) groups excluding carboxylic acids is 3. The number of oxazole rings is 2. The molecule has 6 rings (SSSR count). The van der Waals surface area contributed by atoms with Crippen molar-refractivity contribution in [2.45, 2.75) is 96.1 Å². The van der Waals surface area contributed by atoms with Gasteiger partial charge in [0.2, 0.25) is 11.8 Å². The molecule has 0 saturated carbocycles. The monoisotopic (exact) mass is 716 g/mol. The van der Waals surface area contributed by atoms with Crippen molar-refractivity contribution in [1.82, 2.24) is 19.8 Å². The quantitative estimate of drug-likeness (QED) is 0.155. The van der Waals surface area contributed by atoms with Gasteiger partial charge in [0, 0.05) is 13.1 Å². The van der Waals surface area contributed by atoms with Crippen molar-refractivity contribution in [3.63, 3.8) is 0 Å². The lowest BCUT2D eigenvalue weighted by atomic mass is 9.84. The van der Waals surface area contributed by atoms with E-state index in [1.807, 2.05) is 102 Å². The Morgan fingerprint density at radius 2 is 1.15 bits per heavy atom. The maximum Gasteiger partial charge on any atom is 0.410 e. The normalized spacial score (nSPS) is 17.7. The average molecular weight is 717 g/mol. The molecule has 0 unspecified atom stereocenters. The van der Waals surface area contributed by atoms with Gasteiger partial charge >= 0.3 is 18.2 Å². The summed E-state index contributed by atoms with van der Waals surface area (Å²) in [6.45, 7) is 12.1. The first-order chi connectivity index (χ1) is 24.6. The highest BCUT2D eigenvalue weighted by atomic mass is 16.6. The van der Waals surface area contributed by atoms with Crippen LogP contribution >= 0.6 is 0 Å². The van der Waals surface area contributed by atoms with Gasteiger partial charge in [-0.1, -0.05) is 60.7 Å². The van der Waals surface area contributed by atoms with Crippen LogP contribution in [0.25, 0.3) is 0 Å². The summed E-state index contributed by atoms with van der Waals surface area (Å²) in [4.78, 5) is 48.3. The van der Waals surface area contributed by atoms with Gasteiger partial charge in [-0.2, -0.15) is 0 Å². The van der Waals surface area contributed by atoms with Gasteiger partial charge in [0.05, 0.1) is 7.11 Å². The summed E-state index contributed by atoms with van der Waals surface area (Å²) in [5.74, 6) is 0.175. The van der Waals surface area contributed by atoms with Crippen LogP contribution in [0.4, 0.5) is 9.59 Å². The van der Waals surface area contributed by atoms with E-state index < -0.39 is 28.9 Å². The highest BCUT2D eigenvalue weighted by Crippen LogP contribution is 2.39. The first-order valence-corrected chi connectivity index (χ1v) is 17.4. The van der Waals surface area contributed by atoms with Crippen molar-refractivity contribution in [2.24, 2.45) is 0 Å². The molecule has 13 heteroatoms. The summed E-state index contributed by atoms with van der Waals surface area (Å²) >= 11 is 0. The van der Waals surface area contributed by atoms with Gasteiger partial charge in [0.1, 0.15) is 41.5 Å². The minimum atomic E-state index is -1.47. The number of methoxy groups -OCH3 is 1. The first-order valence-electron chi connectivity index (χ1n) is 17.4. The zero-order chi connectivity index (χ0) is 37.7. The number of likely N-dealkylation sites (tertiary alicyclic amines) is 2. The lowest BCUT2D eigenvalue weighted by Crippen LogP contribution is -2.36. The summed E-state index contributed by atoms with van der Waals surface area (Å²) in [5, 5.41) is 11.9. The molecule has 2 aromatic heterocycles. The van der Waals surface area contributed by atoms with E-state index in [0.29, 0.717) is 41.7 Å². The van der Waals surface area contributed by atoms with Crippen molar-refractivity contribution < 1.29 is 42.5 Å². The summed E-state index contributed by atoms with van der Waals surface area (Å²) in [5.41, 5.74) is -0.739. The molecule has 0 radical (unpaired) electrons. The molecule has 2 aliphatic rings. The van der Waals surface area contributed by atoms with Crippen molar-refractivity contribution in [2.75, 3.05) is 20.2 Å². The van der Waals surface area contributed by atoms with E-state index in [1.165, 1.54) is 19.6 Å². The number of hydrogen-bond acceptors (Lipinski definition) is 11. The Morgan fingerprint density at radius 3 is 1.60 bits per heavy atom. The van der Waals surface area contributed by atoms with E-state index >= 15 is 0 Å². The number of ether oxygens (including phenoxy) is 3. The minimum Gasteiger partial charge on any atom is -0.464 e. The second-order valence-electron chi connectivity index (χ2n) is 14.7. The van der Waals surface area contributed by atoms with Crippen LogP contribution < -0.4 is 0 Å². The summed E-state index contributed by atoms with van der Waals surface area (Å²) in [6.07, 6.45) is 5.07. The van der Waals surface area contributed by atoms with E-state index in [0.717, 1.165) is 25.7 Å². The van der Waals surface area contributed by atoms with Crippen molar-refractivity contribution >= 4 is 18.2 Å². The van der Waals surface area contributed by atoms with E-state index in [9.17, 15) is 19.5 Å². The molecule has 0 spiro atoms. The average Bonchev–Trinajstić information content (AvgIpc) is 3.93. The SMILES string of the molecule is CC(C)(C)OC(=O)N1CCC[C@@H]1c1nc(C(O)(c2ccccc2)c2ccccc2)co1.COC(=O)c1coc([C@@H]2CCCN2C(=O)OC(C)(C)C)n1. The third-order valence-electron chi connectivity index (χ3n) is 8.52. The molecule has 0 bridgehead atoms. The van der Waals surface area contributed by atoms with Gasteiger partial charge in [-0.05, 0) is 78.4 Å². The van der Waals surface area contributed by atoms with Crippen LogP contribution in [0.5, 0.6) is 0 Å². The molecule has 2 aromatic carbocycles. The molecule has 4 aromatic rings. The zero-order valence-corrected chi connectivity index (χ0v) is 30.8. The van der Waals surface area contributed by atoms with Gasteiger partial charge in [-0.3, -0.25) is 9.80 Å². The van der Waals surface area contributed by atoms with Crippen LogP contribution in [-0.4, -0.2) is 74.4 Å². The van der Waals surface area contributed by atoms with E-state index in [1.54, 1.807) is 9.80 Å². The third-order valence-corrected chi connectivity index (χ3v) is 8.52. The smallest absolute Gasteiger partial charge is 0.410 e. The lowest BCUT2D eigenvalue weighted by Gasteiger charge is -2.28. The number of rotatable bonds is 6. The molecule has 278 valence electrons. The number of amides is 2. The Bertz CT molecular complexity index is 1770. The molecule has 0 aliphatic carbocycles. The lowest BCUT2D eigenvalue weighted by molar-refractivity contribution is 0.0194. The largest absolute Gasteiger partial charge is 0.464 e. The van der Waals surface area contributed by atoms with Crippen LogP contribution in [-0.2, 0) is 19.8 Å². The van der Waals surface area contributed by atoms with Crippen LogP contribution in [0.1, 0.15) is 118 Å². The second-order valence-corrected chi connectivity index (χ2v) is 14.7. The standard InChI is InChI=1S/C25H28N2O4.C14H20N2O5/c1-24(2,3)31-23(28)27-16-10-15-20(27)22-26-21(17-30-22)25(29,18-11-6-4-7-12-18)19-13-8-5-9-14-19;1-14(2,3)21-13(18)16-7-5-6-10(16)11-15-9(8-20-11)12(17)19-4/h4-9,11-14,17,20,29H,10,15-16H2,1-3H3;8,10H,5-7H2,1-4H3/t20-;10-/m10/s1. The van der Waals surface area contributed by atoms with Gasteiger partial charge < -0.3 is 28.2 Å². The fourth-order valence-electron chi connectivity index (χ4n) is 6.19. The van der Waals surface area contributed by atoms with Crippen LogP contribution in [0.15, 0.2) is 82.0 Å². The van der Waals surface area contributed by atoms with Crippen molar-refractivity contribution in [3.05, 3.63) is 107 Å². The molecular weight excluding hydrogens is 668 g/mol. The summed E-state index contributed by atoms with van der Waals surface area (Å²) < 4.78 is 26.7. The Balaban J connectivity index is 0.000000217. The maximum absolute atomic E-state index is 12.7. The molecule has 13 nitrogen and oxygen atoms in total. The Morgan fingerprint density at radius 1 is 0.712 bits per heavy atom. The molecule has 2 atom stereocenters. The fourth-order valence-corrected chi connectivity index (χ4v) is 6.19. The molecule has 1 N–H and O–H groups in total. The third kappa shape index (κ3) is 8.82. The molecular formula is C39H48N4O9. The van der Waals surface area contributed by atoms with E-state index in [2.05, 4.69) is 14.7 Å². The molecule has 2 amide bonds. The second kappa shape index (κ2) is 15.6. The van der Waals surface area contributed by atoms with Gasteiger partial charge in [0.15, 0.2) is 11.3 Å². The number of esters is 1. The summed E-state index contributed by atoms with van der Waals surface area (Å²) in [7, 11) is 1.28. The Kier molecular flexibility index (Phi) is 11.4. The van der Waals surface area contributed by atoms with Gasteiger partial charge in [-0.15, -0.1) is 0 Å². The predicted octanol–water partition coefficient (Wildman–Crippen LogP) is 7.56. The number of nitrogens with zero attached hydrogens (tertiary/aromatic N) is 4. The maximum atomic E-state index is 12.7. The first kappa shape index (κ1) is 38.1. The number of aromatic nitrogens is 2. The highest BCUT2D eigenvalue weighted by Gasteiger charge is 2.41. The Labute approximate surface area is 303 Å². The topological polar surface area (TPSA) is 158 Å². The van der Waals surface area contributed by atoms with Crippen molar-refractivity contribution in [3.8, 4) is 0 Å². The molecule has 2 saturated heterocycles. The number of hydrogen-bond donors (Lipinski definition) is 1. The molecule has 52 heavy (non-hydrogen) atoms. The minimum absolute atomic E-state index is 0.100. The predicted molar refractivity (Wildman–Crippen MR) is 189 cm³/mol. The number of aliphatic hydroxyl groups is 1. The van der Waals surface area contributed by atoms with Crippen molar-refractivity contribution in [1.29, 1.82) is 0 Å². The van der Waals surface area contributed by atoms with E-state index in [4.69, 9.17) is 18.3 Å². The number of benzene rings is 2.